The Kier molecular flexibility index (Phi) is 4.26. The number of piperidine rings is 1. The van der Waals surface area contributed by atoms with Crippen molar-refractivity contribution in [2.24, 2.45) is 0 Å². The average molecular weight is 250 g/mol. The van der Waals surface area contributed by atoms with Crippen molar-refractivity contribution < 1.29 is 0 Å². The molecule has 1 aliphatic carbocycles. The monoisotopic (exact) mass is 250 g/mol. The molecule has 3 atom stereocenters. The smallest absolute Gasteiger partial charge is 0.108 e. The van der Waals surface area contributed by atoms with E-state index in [-0.39, 0.29) is 5.54 Å². The van der Waals surface area contributed by atoms with Crippen LogP contribution in [0.1, 0.15) is 32.1 Å². The first-order valence-electron chi connectivity index (χ1n) is 7.11. The van der Waals surface area contributed by atoms with Crippen LogP contribution >= 0.6 is 0 Å². The van der Waals surface area contributed by atoms with Crippen molar-refractivity contribution >= 4 is 0 Å². The van der Waals surface area contributed by atoms with Gasteiger partial charge in [-0.25, -0.2) is 0 Å². The van der Waals surface area contributed by atoms with Crippen LogP contribution in [0.4, 0.5) is 0 Å². The van der Waals surface area contributed by atoms with Gasteiger partial charge in [0.15, 0.2) is 0 Å². The number of hydrogen-bond acceptors (Lipinski definition) is 4. The lowest BCUT2D eigenvalue weighted by Crippen LogP contribution is -2.49. The van der Waals surface area contributed by atoms with Crippen LogP contribution in [0.5, 0.6) is 0 Å². The summed E-state index contributed by atoms with van der Waals surface area (Å²) >= 11 is 0. The quantitative estimate of drug-likeness (QED) is 0.813. The van der Waals surface area contributed by atoms with Gasteiger partial charge in [0.05, 0.1) is 6.07 Å². The van der Waals surface area contributed by atoms with E-state index in [2.05, 4.69) is 35.3 Å². The van der Waals surface area contributed by atoms with E-state index >= 15 is 0 Å². The molecule has 0 radical (unpaired) electrons. The van der Waals surface area contributed by atoms with Crippen molar-refractivity contribution in [2.45, 2.75) is 49.7 Å². The lowest BCUT2D eigenvalue weighted by atomic mass is 9.98. The molecule has 1 saturated heterocycles. The zero-order valence-electron chi connectivity index (χ0n) is 11.9. The molecule has 4 nitrogen and oxygen atoms in total. The molecule has 1 heterocycles. The molecular weight excluding hydrogens is 224 g/mol. The minimum atomic E-state index is -0.268. The van der Waals surface area contributed by atoms with Gasteiger partial charge in [-0.3, -0.25) is 4.90 Å². The largest absolute Gasteiger partial charge is 0.305 e. The van der Waals surface area contributed by atoms with Gasteiger partial charge in [0.25, 0.3) is 0 Å². The third-order valence-corrected chi connectivity index (χ3v) is 4.86. The Bertz CT molecular complexity index is 322. The molecule has 1 saturated carbocycles. The average Bonchev–Trinajstić information content (AvgIpc) is 2.84. The van der Waals surface area contributed by atoms with E-state index in [9.17, 15) is 5.26 Å². The Morgan fingerprint density at radius 3 is 2.72 bits per heavy atom. The molecule has 0 aromatic carbocycles. The van der Waals surface area contributed by atoms with Crippen LogP contribution < -0.4 is 5.32 Å². The number of nitrogens with zero attached hydrogens (tertiary/aromatic N) is 3. The van der Waals surface area contributed by atoms with Crippen LogP contribution in [0, 0.1) is 11.3 Å². The summed E-state index contributed by atoms with van der Waals surface area (Å²) in [6.45, 7) is 2.38. The van der Waals surface area contributed by atoms with Gasteiger partial charge in [0, 0.05) is 18.6 Å². The van der Waals surface area contributed by atoms with E-state index in [1.807, 2.05) is 7.05 Å². The molecule has 2 rings (SSSR count). The predicted molar refractivity (Wildman–Crippen MR) is 73.3 cm³/mol. The number of rotatable bonds is 3. The number of nitrogens with one attached hydrogen (secondary N) is 1. The zero-order chi connectivity index (χ0) is 13.2. The molecule has 0 aromatic rings. The van der Waals surface area contributed by atoms with Gasteiger partial charge >= 0.3 is 0 Å². The van der Waals surface area contributed by atoms with Crippen molar-refractivity contribution in [2.75, 3.05) is 34.2 Å². The van der Waals surface area contributed by atoms with Gasteiger partial charge in [0.2, 0.25) is 0 Å². The topological polar surface area (TPSA) is 42.3 Å². The van der Waals surface area contributed by atoms with E-state index in [1.165, 1.54) is 25.9 Å². The van der Waals surface area contributed by atoms with E-state index in [4.69, 9.17) is 0 Å². The normalized spacial score (nSPS) is 37.9. The van der Waals surface area contributed by atoms with E-state index in [0.29, 0.717) is 12.1 Å². The molecule has 3 unspecified atom stereocenters. The molecule has 4 heteroatoms. The first kappa shape index (κ1) is 13.8. The maximum atomic E-state index is 9.33. The third-order valence-electron chi connectivity index (χ3n) is 4.86. The predicted octanol–water partition coefficient (Wildman–Crippen LogP) is 1.05. The fourth-order valence-corrected chi connectivity index (χ4v) is 3.45. The van der Waals surface area contributed by atoms with Crippen LogP contribution in [-0.2, 0) is 0 Å². The minimum Gasteiger partial charge on any atom is -0.305 e. The highest BCUT2D eigenvalue weighted by molar-refractivity contribution is 5.13. The Balaban J connectivity index is 1.95. The summed E-state index contributed by atoms with van der Waals surface area (Å²) in [7, 11) is 6.27. The van der Waals surface area contributed by atoms with Crippen LogP contribution in [0.15, 0.2) is 0 Å². The van der Waals surface area contributed by atoms with Crippen molar-refractivity contribution in [1.29, 1.82) is 5.26 Å². The summed E-state index contributed by atoms with van der Waals surface area (Å²) in [5.41, 5.74) is -0.268. The zero-order valence-corrected chi connectivity index (χ0v) is 11.9. The molecule has 0 aromatic heterocycles. The fraction of sp³-hybridized carbons (Fsp3) is 0.929. The third kappa shape index (κ3) is 2.69. The first-order valence-corrected chi connectivity index (χ1v) is 7.11. The van der Waals surface area contributed by atoms with Gasteiger partial charge in [0.1, 0.15) is 5.54 Å². The van der Waals surface area contributed by atoms with Crippen molar-refractivity contribution in [3.05, 3.63) is 0 Å². The summed E-state index contributed by atoms with van der Waals surface area (Å²) < 4.78 is 0. The second-order valence-electron chi connectivity index (χ2n) is 6.10. The molecule has 1 aliphatic heterocycles. The highest BCUT2D eigenvalue weighted by Gasteiger charge is 2.41. The summed E-state index contributed by atoms with van der Waals surface area (Å²) in [5, 5.41) is 12.6. The maximum absolute atomic E-state index is 9.33. The molecular formula is C14H26N4. The Morgan fingerprint density at radius 1 is 1.39 bits per heavy atom. The van der Waals surface area contributed by atoms with E-state index in [0.717, 1.165) is 19.3 Å². The molecule has 102 valence electrons. The van der Waals surface area contributed by atoms with Crippen molar-refractivity contribution in [3.8, 4) is 6.07 Å². The van der Waals surface area contributed by atoms with Crippen molar-refractivity contribution in [3.63, 3.8) is 0 Å². The van der Waals surface area contributed by atoms with Crippen LogP contribution in [0.3, 0.4) is 0 Å². The number of likely N-dealkylation sites (tertiary alicyclic amines) is 1. The first-order chi connectivity index (χ1) is 8.60. The second-order valence-corrected chi connectivity index (χ2v) is 6.10. The summed E-state index contributed by atoms with van der Waals surface area (Å²) in [6.07, 6.45) is 5.74. The van der Waals surface area contributed by atoms with Gasteiger partial charge in [-0.1, -0.05) is 0 Å². The Morgan fingerprint density at radius 2 is 2.17 bits per heavy atom. The molecule has 2 fully saturated rings. The van der Waals surface area contributed by atoms with Crippen LogP contribution in [0.2, 0.25) is 0 Å². The van der Waals surface area contributed by atoms with Gasteiger partial charge < -0.3 is 10.2 Å². The van der Waals surface area contributed by atoms with Gasteiger partial charge in [-0.05, 0) is 59.8 Å². The standard InChI is InChI=1S/C14H26N4/c1-16-14(11-15)7-6-12(9-14)18-8-4-5-13(10-18)17(2)3/h12-13,16H,4-10H2,1-3H3. The Labute approximate surface area is 111 Å². The SMILES string of the molecule is CNC1(C#N)CCC(N2CCCC(N(C)C)C2)C1. The molecule has 1 N–H and O–H groups in total. The van der Waals surface area contributed by atoms with E-state index < -0.39 is 0 Å². The van der Waals surface area contributed by atoms with Crippen LogP contribution in [0.25, 0.3) is 0 Å². The highest BCUT2D eigenvalue weighted by Crippen LogP contribution is 2.34. The summed E-state index contributed by atoms with van der Waals surface area (Å²) in [6, 6.07) is 3.76. The molecule has 18 heavy (non-hydrogen) atoms. The molecule has 2 aliphatic rings. The van der Waals surface area contributed by atoms with Gasteiger partial charge in [-0.2, -0.15) is 5.26 Å². The molecule has 0 amide bonds. The van der Waals surface area contributed by atoms with Crippen LogP contribution in [-0.4, -0.2) is 61.7 Å². The number of nitriles is 1. The lowest BCUT2D eigenvalue weighted by molar-refractivity contribution is 0.0957. The maximum Gasteiger partial charge on any atom is 0.108 e. The molecule has 0 bridgehead atoms. The Hall–Kier alpha value is -0.630. The van der Waals surface area contributed by atoms with Gasteiger partial charge in [-0.15, -0.1) is 0 Å². The van der Waals surface area contributed by atoms with Crippen molar-refractivity contribution in [1.82, 2.24) is 15.1 Å². The summed E-state index contributed by atoms with van der Waals surface area (Å²) in [4.78, 5) is 4.96. The number of hydrogen-bond donors (Lipinski definition) is 1. The summed E-state index contributed by atoms with van der Waals surface area (Å²) in [5.74, 6) is 0. The highest BCUT2D eigenvalue weighted by atomic mass is 15.2. The van der Waals surface area contributed by atoms with E-state index in [1.54, 1.807) is 0 Å². The number of likely N-dealkylation sites (N-methyl/N-ethyl adjacent to an activating group) is 1. The lowest BCUT2D eigenvalue weighted by Gasteiger charge is -2.39. The molecule has 0 spiro atoms. The second kappa shape index (κ2) is 5.56. The minimum absolute atomic E-state index is 0.268. The fourth-order valence-electron chi connectivity index (χ4n) is 3.45.